The Morgan fingerprint density at radius 3 is 2.22 bits per heavy atom. The van der Waals surface area contributed by atoms with Crippen molar-refractivity contribution in [2.75, 3.05) is 40.4 Å². The van der Waals surface area contributed by atoms with Gasteiger partial charge in [0.2, 0.25) is 11.7 Å². The number of rotatable bonds is 10. The molecule has 6 heteroatoms. The highest BCUT2D eigenvalue weighted by Crippen LogP contribution is 2.50. The van der Waals surface area contributed by atoms with E-state index in [0.717, 1.165) is 51.6 Å². The average Bonchev–Trinajstić information content (AvgIpc) is 2.75. The fraction of sp³-hybridized carbons (Fsp3) is 0.885. The minimum absolute atomic E-state index is 0.0549. The van der Waals surface area contributed by atoms with Crippen LogP contribution in [0, 0.1) is 17.3 Å². The molecule has 0 aromatic heterocycles. The number of nitrogens with one attached hydrogen (secondary N) is 1. The van der Waals surface area contributed by atoms with Crippen LogP contribution in [0.2, 0.25) is 0 Å². The minimum atomic E-state index is -0.979. The van der Waals surface area contributed by atoms with Gasteiger partial charge in [0.1, 0.15) is 5.54 Å². The van der Waals surface area contributed by atoms with Crippen LogP contribution in [-0.2, 0) is 14.3 Å². The second-order valence-corrected chi connectivity index (χ2v) is 10.7. The molecule has 0 aromatic carbocycles. The Bertz CT molecular complexity index is 620. The van der Waals surface area contributed by atoms with Gasteiger partial charge in [-0.2, -0.15) is 0 Å². The Kier molecular flexibility index (Phi) is 9.77. The number of allylic oxidation sites excluding steroid dienone is 1. The van der Waals surface area contributed by atoms with Crippen molar-refractivity contribution in [2.45, 2.75) is 91.4 Å². The summed E-state index contributed by atoms with van der Waals surface area (Å²) in [6.07, 6.45) is 10.2. The highest BCUT2D eigenvalue weighted by Gasteiger charge is 2.63. The average molecular weight is 452 g/mol. The summed E-state index contributed by atoms with van der Waals surface area (Å²) in [7, 11) is 4.01. The Morgan fingerprint density at radius 2 is 1.72 bits per heavy atom. The van der Waals surface area contributed by atoms with Crippen molar-refractivity contribution in [1.82, 2.24) is 15.3 Å². The molecule has 3 unspecified atom stereocenters. The Hall–Kier alpha value is -0.950. The maximum atomic E-state index is 14.0. The van der Waals surface area contributed by atoms with Crippen LogP contribution in [0.5, 0.6) is 0 Å². The number of carbonyl (C=O) groups is 1. The number of amides is 1. The molecule has 1 N–H and O–H groups in total. The molecule has 186 valence electrons. The van der Waals surface area contributed by atoms with Gasteiger partial charge in [-0.05, 0) is 51.5 Å². The number of carbonyl (C=O) groups excluding carboxylic acids is 1. The fourth-order valence-electron chi connectivity index (χ4n) is 5.49. The van der Waals surface area contributed by atoms with Crippen molar-refractivity contribution in [3.8, 4) is 0 Å². The van der Waals surface area contributed by atoms with Crippen LogP contribution < -0.4 is 5.43 Å². The lowest BCUT2D eigenvalue weighted by molar-refractivity contribution is -0.323. The number of ether oxygens (including phenoxy) is 2. The maximum Gasteiger partial charge on any atom is 0.227 e. The van der Waals surface area contributed by atoms with E-state index >= 15 is 0 Å². The molecule has 1 amide bonds. The lowest BCUT2D eigenvalue weighted by Gasteiger charge is -2.58. The van der Waals surface area contributed by atoms with Crippen LogP contribution in [0.3, 0.4) is 0 Å². The summed E-state index contributed by atoms with van der Waals surface area (Å²) < 4.78 is 13.4. The summed E-state index contributed by atoms with van der Waals surface area (Å²) in [6, 6.07) is 0. The fourth-order valence-corrected chi connectivity index (χ4v) is 5.49. The van der Waals surface area contributed by atoms with Crippen LogP contribution in [0.4, 0.5) is 0 Å². The third kappa shape index (κ3) is 5.75. The summed E-state index contributed by atoms with van der Waals surface area (Å²) in [5.74, 6) is -0.439. The van der Waals surface area contributed by atoms with Crippen LogP contribution in [0.25, 0.3) is 0 Å². The Balaban J connectivity index is 2.63. The first-order valence-corrected chi connectivity index (χ1v) is 12.8. The number of nitrogens with zero attached hydrogens (tertiary/aromatic N) is 2. The van der Waals surface area contributed by atoms with E-state index in [-0.39, 0.29) is 17.2 Å². The van der Waals surface area contributed by atoms with Crippen LogP contribution in [0.1, 0.15) is 80.1 Å². The van der Waals surface area contributed by atoms with Gasteiger partial charge in [-0.3, -0.25) is 4.79 Å². The first-order chi connectivity index (χ1) is 15.1. The van der Waals surface area contributed by atoms with E-state index in [2.05, 4.69) is 59.1 Å². The van der Waals surface area contributed by atoms with Crippen LogP contribution in [0.15, 0.2) is 12.2 Å². The van der Waals surface area contributed by atoms with Crippen LogP contribution >= 0.6 is 0 Å². The predicted molar refractivity (Wildman–Crippen MR) is 131 cm³/mol. The molecule has 3 atom stereocenters. The van der Waals surface area contributed by atoms with Gasteiger partial charge in [-0.15, -0.1) is 0 Å². The van der Waals surface area contributed by atoms with Gasteiger partial charge in [-0.1, -0.05) is 46.6 Å². The molecule has 2 fully saturated rings. The standard InChI is InChI=1S/C26H49N3O3/c1-9-13-16-26(31-19-24(5,6)20-32-26)25(27-28(7)8)17-15-21(14-10-2)18-22(25)23(30)29(11-3)12-4/h13,16,21-22,27H,9-12,14-15,17-20H2,1-8H3/b16-13-. The molecule has 1 aliphatic carbocycles. The van der Waals surface area contributed by atoms with Crippen molar-refractivity contribution in [2.24, 2.45) is 17.3 Å². The van der Waals surface area contributed by atoms with Gasteiger partial charge in [0.05, 0.1) is 19.1 Å². The molecule has 1 aliphatic heterocycles. The third-order valence-corrected chi connectivity index (χ3v) is 7.15. The normalized spacial score (nSPS) is 30.0. The molecular formula is C26H49N3O3. The van der Waals surface area contributed by atoms with E-state index in [1.807, 2.05) is 24.0 Å². The monoisotopic (exact) mass is 451 g/mol. The maximum absolute atomic E-state index is 14.0. The van der Waals surface area contributed by atoms with E-state index in [9.17, 15) is 4.79 Å². The summed E-state index contributed by atoms with van der Waals surface area (Å²) in [4.78, 5) is 16.0. The molecular weight excluding hydrogens is 402 g/mol. The van der Waals surface area contributed by atoms with E-state index in [1.54, 1.807) is 0 Å². The first-order valence-electron chi connectivity index (χ1n) is 12.8. The molecule has 1 saturated carbocycles. The second kappa shape index (κ2) is 11.5. The Morgan fingerprint density at radius 1 is 1.09 bits per heavy atom. The molecule has 0 radical (unpaired) electrons. The quantitative estimate of drug-likeness (QED) is 0.388. The van der Waals surface area contributed by atoms with Gasteiger partial charge >= 0.3 is 0 Å². The van der Waals surface area contributed by atoms with Gasteiger partial charge in [0.15, 0.2) is 0 Å². The molecule has 1 saturated heterocycles. The highest BCUT2D eigenvalue weighted by atomic mass is 16.7. The molecule has 6 nitrogen and oxygen atoms in total. The van der Waals surface area contributed by atoms with Gasteiger partial charge in [0.25, 0.3) is 0 Å². The zero-order valence-corrected chi connectivity index (χ0v) is 22.0. The third-order valence-electron chi connectivity index (χ3n) is 7.15. The SMILES string of the molecule is CC/C=C\C1(C2(NN(C)C)CCC(CCC)CC2C(=O)N(CC)CC)OCC(C)(C)CO1. The van der Waals surface area contributed by atoms with E-state index in [1.165, 1.54) is 0 Å². The van der Waals surface area contributed by atoms with Gasteiger partial charge in [0, 0.05) is 32.6 Å². The second-order valence-electron chi connectivity index (χ2n) is 10.7. The predicted octanol–water partition coefficient (Wildman–Crippen LogP) is 4.61. The van der Waals surface area contributed by atoms with Crippen LogP contribution in [-0.4, -0.2) is 67.5 Å². The van der Waals surface area contributed by atoms with Crippen molar-refractivity contribution in [3.63, 3.8) is 0 Å². The summed E-state index contributed by atoms with van der Waals surface area (Å²) >= 11 is 0. The van der Waals surface area contributed by atoms with Crippen molar-refractivity contribution >= 4 is 5.91 Å². The zero-order chi connectivity index (χ0) is 24.0. The van der Waals surface area contributed by atoms with Crippen molar-refractivity contribution in [3.05, 3.63) is 12.2 Å². The number of hydrazine groups is 1. The van der Waals surface area contributed by atoms with E-state index in [4.69, 9.17) is 9.47 Å². The van der Waals surface area contributed by atoms with Crippen molar-refractivity contribution in [1.29, 1.82) is 0 Å². The molecule has 2 aliphatic rings. The lowest BCUT2D eigenvalue weighted by atomic mass is 9.63. The van der Waals surface area contributed by atoms with Gasteiger partial charge in [-0.25, -0.2) is 10.4 Å². The zero-order valence-electron chi connectivity index (χ0n) is 22.0. The molecule has 32 heavy (non-hydrogen) atoms. The largest absolute Gasteiger partial charge is 0.344 e. The molecule has 0 spiro atoms. The molecule has 0 bridgehead atoms. The molecule has 1 heterocycles. The lowest BCUT2D eigenvalue weighted by Crippen LogP contribution is -2.75. The highest BCUT2D eigenvalue weighted by molar-refractivity contribution is 5.81. The number of hydrogen-bond donors (Lipinski definition) is 1. The summed E-state index contributed by atoms with van der Waals surface area (Å²) in [6.45, 7) is 15.5. The van der Waals surface area contributed by atoms with E-state index in [0.29, 0.717) is 19.1 Å². The molecule has 2 rings (SSSR count). The topological polar surface area (TPSA) is 54.0 Å². The summed E-state index contributed by atoms with van der Waals surface area (Å²) in [5.41, 5.74) is 3.00. The first kappa shape index (κ1) is 27.3. The minimum Gasteiger partial charge on any atom is -0.344 e. The van der Waals surface area contributed by atoms with Gasteiger partial charge < -0.3 is 14.4 Å². The molecule has 0 aromatic rings. The number of hydrogen-bond acceptors (Lipinski definition) is 5. The van der Waals surface area contributed by atoms with E-state index < -0.39 is 11.3 Å². The summed E-state index contributed by atoms with van der Waals surface area (Å²) in [5, 5.41) is 1.98. The van der Waals surface area contributed by atoms with Crippen molar-refractivity contribution < 1.29 is 14.3 Å². The Labute approximate surface area is 197 Å². The smallest absolute Gasteiger partial charge is 0.227 e.